The highest BCUT2D eigenvalue weighted by Gasteiger charge is 2.48. The largest absolute Gasteiger partial charge is 0.493 e. The molecule has 0 bridgehead atoms. The van der Waals surface area contributed by atoms with Gasteiger partial charge in [0.1, 0.15) is 0 Å². The summed E-state index contributed by atoms with van der Waals surface area (Å²) in [5.41, 5.74) is 0.881. The fraction of sp³-hybridized carbons (Fsp3) is 0.529. The minimum Gasteiger partial charge on any atom is -0.493 e. The lowest BCUT2D eigenvalue weighted by molar-refractivity contribution is -0.140. The number of methoxy groups -OCH3 is 1. The molecule has 2 rings (SSSR count). The number of hydrogen-bond acceptors (Lipinski definition) is 4. The van der Waals surface area contributed by atoms with E-state index in [1.807, 2.05) is 32.0 Å². The predicted octanol–water partition coefficient (Wildman–Crippen LogP) is 2.38. The van der Waals surface area contributed by atoms with Gasteiger partial charge in [0.05, 0.1) is 31.6 Å². The van der Waals surface area contributed by atoms with Gasteiger partial charge in [-0.15, -0.1) is 0 Å². The van der Waals surface area contributed by atoms with Crippen LogP contribution in [0.1, 0.15) is 38.3 Å². The molecule has 6 nitrogen and oxygen atoms in total. The molecule has 0 unspecified atom stereocenters. The highest BCUT2D eigenvalue weighted by Crippen LogP contribution is 2.39. The van der Waals surface area contributed by atoms with E-state index in [2.05, 4.69) is 5.32 Å². The standard InChI is InChI=1S/C17H23NO5/c1-4-7-23-14-6-5-11(8-15(14)22-3)10(2)18-16(19)12-9-13(12)17(20)21/h5-6,8,10,12-13H,4,7,9H2,1-3H3,(H,18,19)(H,20,21)/t10-,12-,13-/m0/s1. The molecule has 1 saturated carbocycles. The van der Waals surface area contributed by atoms with Crippen molar-refractivity contribution < 1.29 is 24.2 Å². The van der Waals surface area contributed by atoms with Crippen molar-refractivity contribution in [3.8, 4) is 11.5 Å². The second-order valence-corrected chi connectivity index (χ2v) is 5.78. The molecule has 0 spiro atoms. The summed E-state index contributed by atoms with van der Waals surface area (Å²) in [4.78, 5) is 22.9. The Morgan fingerprint density at radius 2 is 2.09 bits per heavy atom. The van der Waals surface area contributed by atoms with E-state index in [1.165, 1.54) is 0 Å². The summed E-state index contributed by atoms with van der Waals surface area (Å²) in [7, 11) is 1.57. The van der Waals surface area contributed by atoms with Crippen molar-refractivity contribution in [3.05, 3.63) is 23.8 Å². The number of benzene rings is 1. The smallest absolute Gasteiger partial charge is 0.307 e. The molecule has 1 aromatic carbocycles. The third kappa shape index (κ3) is 4.15. The number of carboxylic acid groups (broad SMARTS) is 1. The van der Waals surface area contributed by atoms with Crippen molar-refractivity contribution in [2.24, 2.45) is 11.8 Å². The SMILES string of the molecule is CCCOc1ccc([C@H](C)NC(=O)[C@H]2C[C@@H]2C(=O)O)cc1OC. The second kappa shape index (κ2) is 7.35. The lowest BCUT2D eigenvalue weighted by Crippen LogP contribution is -2.29. The van der Waals surface area contributed by atoms with E-state index in [1.54, 1.807) is 7.11 Å². The number of rotatable bonds is 8. The van der Waals surface area contributed by atoms with Gasteiger partial charge >= 0.3 is 5.97 Å². The average Bonchev–Trinajstić information content (AvgIpc) is 3.33. The van der Waals surface area contributed by atoms with Gasteiger partial charge in [0.15, 0.2) is 11.5 Å². The zero-order chi connectivity index (χ0) is 17.0. The van der Waals surface area contributed by atoms with Crippen LogP contribution in [0.5, 0.6) is 11.5 Å². The van der Waals surface area contributed by atoms with Crippen molar-refractivity contribution in [3.63, 3.8) is 0 Å². The summed E-state index contributed by atoms with van der Waals surface area (Å²) in [5, 5.41) is 11.7. The monoisotopic (exact) mass is 321 g/mol. The Balaban J connectivity index is 2.00. The van der Waals surface area contributed by atoms with E-state index in [-0.39, 0.29) is 11.9 Å². The van der Waals surface area contributed by atoms with E-state index < -0.39 is 17.8 Å². The van der Waals surface area contributed by atoms with E-state index in [9.17, 15) is 9.59 Å². The molecule has 0 radical (unpaired) electrons. The fourth-order valence-corrected chi connectivity index (χ4v) is 2.45. The Morgan fingerprint density at radius 3 is 2.65 bits per heavy atom. The number of carbonyl (C=O) groups excluding carboxylic acids is 1. The molecule has 0 aliphatic heterocycles. The summed E-state index contributed by atoms with van der Waals surface area (Å²) in [5.74, 6) is -0.783. The van der Waals surface area contributed by atoms with Crippen LogP contribution in [0.3, 0.4) is 0 Å². The lowest BCUT2D eigenvalue weighted by Gasteiger charge is -2.17. The van der Waals surface area contributed by atoms with Crippen LogP contribution in [0.2, 0.25) is 0 Å². The minimum absolute atomic E-state index is 0.213. The Labute approximate surface area is 135 Å². The van der Waals surface area contributed by atoms with Gasteiger partial charge in [0.2, 0.25) is 5.91 Å². The number of hydrogen-bond donors (Lipinski definition) is 2. The zero-order valence-corrected chi connectivity index (χ0v) is 13.7. The van der Waals surface area contributed by atoms with E-state index in [4.69, 9.17) is 14.6 Å². The van der Waals surface area contributed by atoms with Crippen molar-refractivity contribution in [1.29, 1.82) is 0 Å². The molecule has 0 aromatic heterocycles. The molecule has 1 amide bonds. The molecule has 1 aliphatic carbocycles. The van der Waals surface area contributed by atoms with Gasteiger partial charge in [0.25, 0.3) is 0 Å². The van der Waals surface area contributed by atoms with Crippen molar-refractivity contribution in [1.82, 2.24) is 5.32 Å². The van der Waals surface area contributed by atoms with Gasteiger partial charge in [-0.05, 0) is 37.5 Å². The molecule has 0 heterocycles. The summed E-state index contributed by atoms with van der Waals surface area (Å²) in [6.45, 7) is 4.50. The van der Waals surface area contributed by atoms with E-state index >= 15 is 0 Å². The van der Waals surface area contributed by atoms with Crippen molar-refractivity contribution in [2.75, 3.05) is 13.7 Å². The van der Waals surface area contributed by atoms with E-state index in [0.717, 1.165) is 12.0 Å². The molecule has 2 N–H and O–H groups in total. The Bertz CT molecular complexity index is 586. The first-order chi connectivity index (χ1) is 11.0. The number of aliphatic carboxylic acids is 1. The molecular weight excluding hydrogens is 298 g/mol. The molecule has 23 heavy (non-hydrogen) atoms. The fourth-order valence-electron chi connectivity index (χ4n) is 2.45. The molecule has 1 fully saturated rings. The molecule has 3 atom stereocenters. The number of amides is 1. The van der Waals surface area contributed by atoms with Crippen LogP contribution < -0.4 is 14.8 Å². The summed E-state index contributed by atoms with van der Waals surface area (Å²) >= 11 is 0. The van der Waals surface area contributed by atoms with Crippen LogP contribution in [0.4, 0.5) is 0 Å². The maximum absolute atomic E-state index is 12.0. The van der Waals surface area contributed by atoms with Crippen LogP contribution in [0, 0.1) is 11.8 Å². The van der Waals surface area contributed by atoms with E-state index in [0.29, 0.717) is 24.5 Å². The predicted molar refractivity (Wildman–Crippen MR) is 84.6 cm³/mol. The third-order valence-corrected chi connectivity index (χ3v) is 3.95. The number of nitrogens with one attached hydrogen (secondary N) is 1. The van der Waals surface area contributed by atoms with Crippen LogP contribution >= 0.6 is 0 Å². The third-order valence-electron chi connectivity index (χ3n) is 3.95. The van der Waals surface area contributed by atoms with Gasteiger partial charge in [0, 0.05) is 0 Å². The molecule has 6 heteroatoms. The molecule has 126 valence electrons. The van der Waals surface area contributed by atoms with Crippen LogP contribution in [0.25, 0.3) is 0 Å². The summed E-state index contributed by atoms with van der Waals surface area (Å²) < 4.78 is 10.9. The van der Waals surface area contributed by atoms with Crippen LogP contribution in [-0.4, -0.2) is 30.7 Å². The maximum Gasteiger partial charge on any atom is 0.307 e. The Kier molecular flexibility index (Phi) is 5.47. The quantitative estimate of drug-likeness (QED) is 0.768. The number of carboxylic acids is 1. The van der Waals surface area contributed by atoms with Gasteiger partial charge < -0.3 is 19.9 Å². The minimum atomic E-state index is -0.906. The molecular formula is C17H23NO5. The number of carbonyl (C=O) groups is 2. The van der Waals surface area contributed by atoms with Gasteiger partial charge in [-0.3, -0.25) is 9.59 Å². The molecule has 1 aliphatic rings. The zero-order valence-electron chi connectivity index (χ0n) is 13.7. The van der Waals surface area contributed by atoms with Crippen LogP contribution in [0.15, 0.2) is 18.2 Å². The van der Waals surface area contributed by atoms with Crippen molar-refractivity contribution in [2.45, 2.75) is 32.7 Å². The topological polar surface area (TPSA) is 84.9 Å². The first-order valence-corrected chi connectivity index (χ1v) is 7.81. The second-order valence-electron chi connectivity index (χ2n) is 5.78. The van der Waals surface area contributed by atoms with Gasteiger partial charge in [-0.2, -0.15) is 0 Å². The highest BCUT2D eigenvalue weighted by molar-refractivity contribution is 5.89. The molecule has 1 aromatic rings. The van der Waals surface area contributed by atoms with Gasteiger partial charge in [-0.1, -0.05) is 13.0 Å². The summed E-state index contributed by atoms with van der Waals surface area (Å²) in [6, 6.07) is 5.30. The average molecular weight is 321 g/mol. The van der Waals surface area contributed by atoms with Crippen molar-refractivity contribution >= 4 is 11.9 Å². The highest BCUT2D eigenvalue weighted by atomic mass is 16.5. The first kappa shape index (κ1) is 17.1. The van der Waals surface area contributed by atoms with Gasteiger partial charge in [-0.25, -0.2) is 0 Å². The van der Waals surface area contributed by atoms with Crippen LogP contribution in [-0.2, 0) is 9.59 Å². The Hall–Kier alpha value is -2.24. The first-order valence-electron chi connectivity index (χ1n) is 7.81. The Morgan fingerprint density at radius 1 is 1.35 bits per heavy atom. The number of ether oxygens (including phenoxy) is 2. The molecule has 0 saturated heterocycles. The summed E-state index contributed by atoms with van der Waals surface area (Å²) in [6.07, 6.45) is 1.32. The normalized spacial score (nSPS) is 20.5. The lowest BCUT2D eigenvalue weighted by atomic mass is 10.1. The maximum atomic E-state index is 12.0.